The number of nitrogens with zero attached hydrogens (tertiary/aromatic N) is 2. The van der Waals surface area contributed by atoms with Gasteiger partial charge in [0.2, 0.25) is 0 Å². The highest BCUT2D eigenvalue weighted by Gasteiger charge is 2.16. The fourth-order valence-corrected chi connectivity index (χ4v) is 3.86. The summed E-state index contributed by atoms with van der Waals surface area (Å²) in [6.07, 6.45) is 7.41. The number of hydrogen-bond acceptors (Lipinski definition) is 5. The minimum Gasteiger partial charge on any atom is -0.497 e. The summed E-state index contributed by atoms with van der Waals surface area (Å²) in [4.78, 5) is 29.9. The minimum absolute atomic E-state index is 0.0292. The molecule has 0 aliphatic heterocycles. The molecule has 4 aromatic rings. The maximum Gasteiger partial charge on any atom is 0.267 e. The Morgan fingerprint density at radius 2 is 1.92 bits per heavy atom. The summed E-state index contributed by atoms with van der Waals surface area (Å²) in [7, 11) is 1.54. The largest absolute Gasteiger partial charge is 0.497 e. The third kappa shape index (κ3) is 7.03. The van der Waals surface area contributed by atoms with Crippen molar-refractivity contribution in [2.24, 2.45) is 0 Å². The quantitative estimate of drug-likeness (QED) is 0.207. The number of methoxy groups -OCH3 is 1. The molecule has 0 spiro atoms. The third-order valence-electron chi connectivity index (χ3n) is 5.39. The molecule has 2 N–H and O–H groups in total. The molecule has 0 saturated carbocycles. The van der Waals surface area contributed by atoms with Gasteiger partial charge in [0.1, 0.15) is 23.0 Å². The zero-order chi connectivity index (χ0) is 26.2. The third-order valence-corrected chi connectivity index (χ3v) is 5.95. The van der Waals surface area contributed by atoms with Crippen molar-refractivity contribution in [3.8, 4) is 17.1 Å². The molecule has 2 aromatic heterocycles. The standard InChI is InChI=1S/C27H24Cl2N4O4/c1-36-20-6-3-18(4-7-20)26(34)32-24(27(35)31-11-2-13-33-14-12-30-17-33)16-21-8-10-25(37-21)22-15-19(28)5-9-23(22)29/h3-10,12,14-17H,2,11,13H2,1H3,(H,31,35)(H,32,34). The number of nitrogens with one attached hydrogen (secondary N) is 2. The first-order valence-corrected chi connectivity index (χ1v) is 12.1. The van der Waals surface area contributed by atoms with Gasteiger partial charge in [-0.15, -0.1) is 0 Å². The molecule has 0 unspecified atom stereocenters. The SMILES string of the molecule is COc1ccc(C(=O)NC(=Cc2ccc(-c3cc(Cl)ccc3Cl)o2)C(=O)NCCCn2ccnc2)cc1. The topological polar surface area (TPSA) is 98.4 Å². The van der Waals surface area contributed by atoms with Gasteiger partial charge in [0.25, 0.3) is 11.8 Å². The number of imidazole rings is 1. The van der Waals surface area contributed by atoms with Gasteiger partial charge in [-0.1, -0.05) is 23.2 Å². The molecule has 190 valence electrons. The molecule has 10 heteroatoms. The maximum absolute atomic E-state index is 13.0. The molecule has 4 rings (SSSR count). The smallest absolute Gasteiger partial charge is 0.267 e. The molecule has 2 aromatic carbocycles. The molecule has 37 heavy (non-hydrogen) atoms. The summed E-state index contributed by atoms with van der Waals surface area (Å²) in [6, 6.07) is 15.0. The van der Waals surface area contributed by atoms with Crippen molar-refractivity contribution in [3.63, 3.8) is 0 Å². The lowest BCUT2D eigenvalue weighted by Crippen LogP contribution is -2.35. The van der Waals surface area contributed by atoms with Gasteiger partial charge < -0.3 is 24.4 Å². The van der Waals surface area contributed by atoms with Gasteiger partial charge in [-0.25, -0.2) is 4.98 Å². The predicted octanol–water partition coefficient (Wildman–Crippen LogP) is 5.44. The summed E-state index contributed by atoms with van der Waals surface area (Å²) in [5.74, 6) is 0.536. The van der Waals surface area contributed by atoms with Crippen molar-refractivity contribution in [1.82, 2.24) is 20.2 Å². The second kappa shape index (κ2) is 12.3. The number of hydrogen-bond donors (Lipinski definition) is 2. The molecule has 0 bridgehead atoms. The van der Waals surface area contributed by atoms with Crippen LogP contribution >= 0.6 is 23.2 Å². The van der Waals surface area contributed by atoms with Crippen molar-refractivity contribution in [2.45, 2.75) is 13.0 Å². The molecular weight excluding hydrogens is 515 g/mol. The highest BCUT2D eigenvalue weighted by molar-refractivity contribution is 6.35. The van der Waals surface area contributed by atoms with E-state index in [1.54, 1.807) is 74.2 Å². The number of benzene rings is 2. The minimum atomic E-state index is -0.453. The van der Waals surface area contributed by atoms with E-state index in [1.807, 2.05) is 10.8 Å². The summed E-state index contributed by atoms with van der Waals surface area (Å²) in [6.45, 7) is 1.09. The van der Waals surface area contributed by atoms with E-state index in [0.29, 0.717) is 58.0 Å². The van der Waals surface area contributed by atoms with Crippen LogP contribution in [0, 0.1) is 0 Å². The van der Waals surface area contributed by atoms with Crippen LogP contribution in [0.25, 0.3) is 17.4 Å². The molecule has 2 heterocycles. The van der Waals surface area contributed by atoms with Gasteiger partial charge in [-0.3, -0.25) is 9.59 Å². The highest BCUT2D eigenvalue weighted by atomic mass is 35.5. The first kappa shape index (κ1) is 26.1. The Balaban J connectivity index is 1.53. The fourth-order valence-electron chi connectivity index (χ4n) is 3.48. The number of aromatic nitrogens is 2. The van der Waals surface area contributed by atoms with Crippen LogP contribution in [-0.2, 0) is 11.3 Å². The first-order valence-electron chi connectivity index (χ1n) is 11.4. The Morgan fingerprint density at radius 3 is 2.65 bits per heavy atom. The van der Waals surface area contributed by atoms with Crippen molar-refractivity contribution in [3.05, 3.63) is 100 Å². The van der Waals surface area contributed by atoms with Gasteiger partial charge >= 0.3 is 0 Å². The van der Waals surface area contributed by atoms with Crippen LogP contribution < -0.4 is 15.4 Å². The Bertz CT molecular complexity index is 1400. The van der Waals surface area contributed by atoms with Crippen LogP contribution in [0.2, 0.25) is 10.0 Å². The van der Waals surface area contributed by atoms with Crippen molar-refractivity contribution < 1.29 is 18.7 Å². The number of furan rings is 1. The summed E-state index contributed by atoms with van der Waals surface area (Å²) in [5, 5.41) is 6.51. The summed E-state index contributed by atoms with van der Waals surface area (Å²) < 4.78 is 13.0. The van der Waals surface area contributed by atoms with Gasteiger partial charge in [0.15, 0.2) is 0 Å². The second-order valence-corrected chi connectivity index (χ2v) is 8.82. The number of aryl methyl sites for hydroxylation is 1. The van der Waals surface area contributed by atoms with Crippen molar-refractivity contribution in [1.29, 1.82) is 0 Å². The van der Waals surface area contributed by atoms with Gasteiger partial charge in [0, 0.05) is 47.7 Å². The number of carbonyl (C=O) groups excluding carboxylic acids is 2. The van der Waals surface area contributed by atoms with Crippen LogP contribution in [0.1, 0.15) is 22.5 Å². The average molecular weight is 539 g/mol. The summed E-state index contributed by atoms with van der Waals surface area (Å²) in [5.41, 5.74) is 1.01. The molecular formula is C27H24Cl2N4O4. The van der Waals surface area contributed by atoms with Gasteiger partial charge in [0.05, 0.1) is 18.5 Å². The van der Waals surface area contributed by atoms with Crippen LogP contribution in [-0.4, -0.2) is 35.0 Å². The van der Waals surface area contributed by atoms with Crippen LogP contribution in [0.5, 0.6) is 5.75 Å². The number of carbonyl (C=O) groups is 2. The van der Waals surface area contributed by atoms with Gasteiger partial charge in [-0.2, -0.15) is 0 Å². The lowest BCUT2D eigenvalue weighted by atomic mass is 10.2. The van der Waals surface area contributed by atoms with E-state index in [1.165, 1.54) is 6.08 Å². The number of amides is 2. The molecule has 0 aliphatic carbocycles. The number of halogens is 2. The Kier molecular flexibility index (Phi) is 8.66. The average Bonchev–Trinajstić information content (AvgIpc) is 3.60. The van der Waals surface area contributed by atoms with E-state index in [9.17, 15) is 9.59 Å². The monoisotopic (exact) mass is 538 g/mol. The molecule has 8 nitrogen and oxygen atoms in total. The van der Waals surface area contributed by atoms with Crippen molar-refractivity contribution >= 4 is 41.1 Å². The van der Waals surface area contributed by atoms with Crippen LogP contribution in [0.3, 0.4) is 0 Å². The number of rotatable bonds is 10. The van der Waals surface area contributed by atoms with Crippen LogP contribution in [0.15, 0.2) is 83.4 Å². The lowest BCUT2D eigenvalue weighted by Gasteiger charge is -2.11. The van der Waals surface area contributed by atoms with E-state index in [0.717, 1.165) is 0 Å². The summed E-state index contributed by atoms with van der Waals surface area (Å²) >= 11 is 12.4. The first-order chi connectivity index (χ1) is 17.9. The predicted molar refractivity (Wildman–Crippen MR) is 142 cm³/mol. The second-order valence-electron chi connectivity index (χ2n) is 7.98. The van der Waals surface area contributed by atoms with Crippen molar-refractivity contribution in [2.75, 3.05) is 13.7 Å². The zero-order valence-electron chi connectivity index (χ0n) is 19.9. The maximum atomic E-state index is 13.0. The molecule has 2 amide bonds. The molecule has 0 atom stereocenters. The van der Waals surface area contributed by atoms with Crippen LogP contribution in [0.4, 0.5) is 0 Å². The Labute approximate surface area is 223 Å². The molecule has 0 radical (unpaired) electrons. The lowest BCUT2D eigenvalue weighted by molar-refractivity contribution is -0.117. The van der Waals surface area contributed by atoms with E-state index in [4.69, 9.17) is 32.4 Å². The normalized spacial score (nSPS) is 11.3. The number of ether oxygens (including phenoxy) is 1. The Hall–Kier alpha value is -4.01. The molecule has 0 saturated heterocycles. The van der Waals surface area contributed by atoms with E-state index < -0.39 is 11.8 Å². The van der Waals surface area contributed by atoms with E-state index >= 15 is 0 Å². The zero-order valence-corrected chi connectivity index (χ0v) is 21.4. The van der Waals surface area contributed by atoms with E-state index in [2.05, 4.69) is 15.6 Å². The van der Waals surface area contributed by atoms with E-state index in [-0.39, 0.29) is 5.70 Å². The Morgan fingerprint density at radius 1 is 1.11 bits per heavy atom. The highest BCUT2D eigenvalue weighted by Crippen LogP contribution is 2.32. The molecule has 0 aliphatic rings. The van der Waals surface area contributed by atoms with Gasteiger partial charge in [-0.05, 0) is 61.0 Å². The fraction of sp³-hybridized carbons (Fsp3) is 0.148. The molecule has 0 fully saturated rings.